The molecular weight excluding hydrogens is 394 g/mol. The average Bonchev–Trinajstić information content (AvgIpc) is 2.72. The zero-order valence-corrected chi connectivity index (χ0v) is 16.2. The molecule has 0 radical (unpaired) electrons. The van der Waals surface area contributed by atoms with Crippen LogP contribution in [0.15, 0.2) is 59.6 Å². The number of amides is 3. The minimum absolute atomic E-state index is 0.0589. The highest BCUT2D eigenvalue weighted by molar-refractivity contribution is 8.14. The van der Waals surface area contributed by atoms with E-state index >= 15 is 0 Å². The van der Waals surface area contributed by atoms with Gasteiger partial charge < -0.3 is 15.4 Å². The van der Waals surface area contributed by atoms with E-state index in [1.165, 1.54) is 13.2 Å². The van der Waals surface area contributed by atoms with Crippen molar-refractivity contribution in [1.82, 2.24) is 5.32 Å². The molecular formula is C20H17N3O5S. The predicted molar refractivity (Wildman–Crippen MR) is 109 cm³/mol. The van der Waals surface area contributed by atoms with Crippen LogP contribution in [-0.2, 0) is 19.1 Å². The van der Waals surface area contributed by atoms with Crippen molar-refractivity contribution in [2.75, 3.05) is 18.2 Å². The Hall–Kier alpha value is -3.46. The molecule has 1 heterocycles. The Morgan fingerprint density at radius 2 is 1.79 bits per heavy atom. The van der Waals surface area contributed by atoms with Gasteiger partial charge in [0.1, 0.15) is 5.92 Å². The molecule has 1 unspecified atom stereocenters. The second kappa shape index (κ2) is 9.16. The fourth-order valence-electron chi connectivity index (χ4n) is 2.69. The van der Waals surface area contributed by atoms with Gasteiger partial charge in [-0.25, -0.2) is 4.79 Å². The number of benzene rings is 2. The molecule has 0 aliphatic carbocycles. The number of esters is 1. The lowest BCUT2D eigenvalue weighted by Gasteiger charge is -2.19. The van der Waals surface area contributed by atoms with E-state index < -0.39 is 29.6 Å². The first-order valence-electron chi connectivity index (χ1n) is 8.58. The van der Waals surface area contributed by atoms with E-state index in [2.05, 4.69) is 20.4 Å². The molecule has 0 spiro atoms. The minimum Gasteiger partial charge on any atom is -0.465 e. The smallest absolute Gasteiger partial charge is 0.339 e. The van der Waals surface area contributed by atoms with Gasteiger partial charge in [-0.2, -0.15) is 4.99 Å². The quantitative estimate of drug-likeness (QED) is 0.574. The van der Waals surface area contributed by atoms with Crippen LogP contribution in [0.5, 0.6) is 0 Å². The molecule has 0 aromatic heterocycles. The van der Waals surface area contributed by atoms with Crippen LogP contribution in [0, 0.1) is 0 Å². The van der Waals surface area contributed by atoms with Crippen LogP contribution in [0.2, 0.25) is 0 Å². The third-order valence-electron chi connectivity index (χ3n) is 4.03. The molecule has 3 rings (SSSR count). The molecule has 0 saturated heterocycles. The number of carbonyl (C=O) groups is 4. The summed E-state index contributed by atoms with van der Waals surface area (Å²) in [6.45, 7) is 0. The molecule has 1 aliphatic rings. The molecule has 2 aromatic carbocycles. The number of para-hydroxylation sites is 1. The second-order valence-corrected chi connectivity index (χ2v) is 6.93. The summed E-state index contributed by atoms with van der Waals surface area (Å²) in [5.41, 5.74) is 1.08. The van der Waals surface area contributed by atoms with Gasteiger partial charge in [0, 0.05) is 0 Å². The first kappa shape index (κ1) is 20.3. The first-order chi connectivity index (χ1) is 14.0. The van der Waals surface area contributed by atoms with Gasteiger partial charge in [0.25, 0.3) is 5.91 Å². The van der Waals surface area contributed by atoms with Gasteiger partial charge in [-0.05, 0) is 17.7 Å². The standard InChI is InChI=1S/C20H17N3O5S/c1-28-19(27)13-9-5-6-10-14(13)21-15(24)11-29-20-22-17(25)16(18(26)23-20)12-7-3-2-4-8-12/h2-10,16H,11H2,1H3,(H,21,24)(H,22,23,25,26). The maximum Gasteiger partial charge on any atom is 0.339 e. The van der Waals surface area contributed by atoms with Gasteiger partial charge in [-0.3, -0.25) is 14.4 Å². The lowest BCUT2D eigenvalue weighted by molar-refractivity contribution is -0.129. The number of hydrogen-bond donors (Lipinski definition) is 2. The molecule has 29 heavy (non-hydrogen) atoms. The normalized spacial score (nSPS) is 15.9. The molecule has 148 valence electrons. The average molecular weight is 411 g/mol. The SMILES string of the molecule is COC(=O)c1ccccc1NC(=O)CSC1=NC(=O)C(c2ccccc2)C(=O)N1. The summed E-state index contributed by atoms with van der Waals surface area (Å²) in [4.78, 5) is 52.5. The van der Waals surface area contributed by atoms with Crippen LogP contribution in [0.1, 0.15) is 21.8 Å². The van der Waals surface area contributed by atoms with Crippen molar-refractivity contribution in [1.29, 1.82) is 0 Å². The molecule has 0 fully saturated rings. The second-order valence-electron chi connectivity index (χ2n) is 5.96. The fourth-order valence-corrected chi connectivity index (χ4v) is 3.36. The summed E-state index contributed by atoms with van der Waals surface area (Å²) in [7, 11) is 1.25. The first-order valence-corrected chi connectivity index (χ1v) is 9.56. The number of carbonyl (C=O) groups excluding carboxylic acids is 4. The Kier molecular flexibility index (Phi) is 6.40. The summed E-state index contributed by atoms with van der Waals surface area (Å²) >= 11 is 0.918. The fraction of sp³-hybridized carbons (Fsp3) is 0.150. The Bertz CT molecular complexity index is 991. The molecule has 2 N–H and O–H groups in total. The van der Waals surface area contributed by atoms with E-state index in [1.54, 1.807) is 48.5 Å². The summed E-state index contributed by atoms with van der Waals surface area (Å²) in [6.07, 6.45) is 0. The van der Waals surface area contributed by atoms with E-state index in [0.717, 1.165) is 11.8 Å². The summed E-state index contributed by atoms with van der Waals surface area (Å²) in [5, 5.41) is 5.22. The van der Waals surface area contributed by atoms with Gasteiger partial charge in [-0.1, -0.05) is 54.2 Å². The van der Waals surface area contributed by atoms with E-state index in [4.69, 9.17) is 0 Å². The van der Waals surface area contributed by atoms with E-state index in [9.17, 15) is 19.2 Å². The molecule has 0 saturated carbocycles. The zero-order valence-electron chi connectivity index (χ0n) is 15.4. The largest absolute Gasteiger partial charge is 0.465 e. The van der Waals surface area contributed by atoms with Gasteiger partial charge in [-0.15, -0.1) is 0 Å². The number of anilines is 1. The Morgan fingerprint density at radius 3 is 2.48 bits per heavy atom. The van der Waals surface area contributed by atoms with Crippen molar-refractivity contribution in [2.24, 2.45) is 4.99 Å². The number of hydrogen-bond acceptors (Lipinski definition) is 6. The predicted octanol–water partition coefficient (Wildman–Crippen LogP) is 1.94. The Balaban J connectivity index is 1.62. The number of nitrogens with one attached hydrogen (secondary N) is 2. The molecule has 9 heteroatoms. The number of rotatable bonds is 5. The van der Waals surface area contributed by atoms with Crippen molar-refractivity contribution in [3.05, 3.63) is 65.7 Å². The van der Waals surface area contributed by atoms with E-state index in [1.807, 2.05) is 0 Å². The number of amidine groups is 1. The number of thioether (sulfide) groups is 1. The summed E-state index contributed by atoms with van der Waals surface area (Å²) in [6, 6.07) is 15.0. The number of ether oxygens (including phenoxy) is 1. The van der Waals surface area contributed by atoms with Crippen LogP contribution < -0.4 is 10.6 Å². The Labute approximate surface area is 170 Å². The minimum atomic E-state index is -0.999. The molecule has 8 nitrogen and oxygen atoms in total. The topological polar surface area (TPSA) is 114 Å². The molecule has 1 atom stereocenters. The van der Waals surface area contributed by atoms with Crippen LogP contribution in [-0.4, -0.2) is 41.7 Å². The number of aliphatic imine (C=N–C) groups is 1. The van der Waals surface area contributed by atoms with Crippen LogP contribution in [0.4, 0.5) is 5.69 Å². The highest BCUT2D eigenvalue weighted by Gasteiger charge is 2.33. The van der Waals surface area contributed by atoms with Crippen LogP contribution in [0.25, 0.3) is 0 Å². The molecule has 1 aliphatic heterocycles. The maximum atomic E-state index is 12.3. The molecule has 3 amide bonds. The highest BCUT2D eigenvalue weighted by atomic mass is 32.2. The van der Waals surface area contributed by atoms with Gasteiger partial charge in [0.05, 0.1) is 24.1 Å². The Morgan fingerprint density at radius 1 is 1.10 bits per heavy atom. The van der Waals surface area contributed by atoms with Crippen LogP contribution in [0.3, 0.4) is 0 Å². The van der Waals surface area contributed by atoms with Gasteiger partial charge in [0.15, 0.2) is 5.17 Å². The van der Waals surface area contributed by atoms with Gasteiger partial charge >= 0.3 is 5.97 Å². The van der Waals surface area contributed by atoms with Crippen molar-refractivity contribution in [2.45, 2.75) is 5.92 Å². The van der Waals surface area contributed by atoms with Crippen molar-refractivity contribution in [3.8, 4) is 0 Å². The van der Waals surface area contributed by atoms with E-state index in [-0.39, 0.29) is 16.5 Å². The summed E-state index contributed by atoms with van der Waals surface area (Å²) < 4.78 is 4.68. The van der Waals surface area contributed by atoms with E-state index in [0.29, 0.717) is 11.3 Å². The zero-order chi connectivity index (χ0) is 20.8. The third kappa shape index (κ3) is 4.88. The van der Waals surface area contributed by atoms with Gasteiger partial charge in [0.2, 0.25) is 11.8 Å². The lowest BCUT2D eigenvalue weighted by atomic mass is 9.97. The number of nitrogens with zero attached hydrogens (tertiary/aromatic N) is 1. The van der Waals surface area contributed by atoms with Crippen molar-refractivity contribution in [3.63, 3.8) is 0 Å². The van der Waals surface area contributed by atoms with Crippen molar-refractivity contribution < 1.29 is 23.9 Å². The maximum absolute atomic E-state index is 12.3. The highest BCUT2D eigenvalue weighted by Crippen LogP contribution is 2.22. The molecule has 0 bridgehead atoms. The lowest BCUT2D eigenvalue weighted by Crippen LogP contribution is -2.41. The van der Waals surface area contributed by atoms with Crippen molar-refractivity contribution >= 4 is 46.3 Å². The monoisotopic (exact) mass is 411 g/mol. The summed E-state index contributed by atoms with van der Waals surface area (Å²) in [5.74, 6) is -3.19. The third-order valence-corrected chi connectivity index (χ3v) is 4.90. The van der Waals surface area contributed by atoms with Crippen LogP contribution >= 0.6 is 11.8 Å². The molecule has 2 aromatic rings. The number of methoxy groups -OCH3 is 1.